The summed E-state index contributed by atoms with van der Waals surface area (Å²) in [7, 11) is 0. The highest BCUT2D eigenvalue weighted by atomic mass is 15.0. The molecular formula is C23H22N4. The van der Waals surface area contributed by atoms with Crippen LogP contribution in [0.5, 0.6) is 0 Å². The van der Waals surface area contributed by atoms with E-state index in [-0.39, 0.29) is 0 Å². The summed E-state index contributed by atoms with van der Waals surface area (Å²) in [4.78, 5) is 18.3. The molecule has 0 amide bonds. The third-order valence-electron chi connectivity index (χ3n) is 5.01. The predicted molar refractivity (Wildman–Crippen MR) is 109 cm³/mol. The summed E-state index contributed by atoms with van der Waals surface area (Å²) in [6.45, 7) is 6.54. The fraction of sp³-hybridized carbons (Fsp3) is 0.217. The second kappa shape index (κ2) is 7.23. The Hall–Kier alpha value is -3.14. The lowest BCUT2D eigenvalue weighted by molar-refractivity contribution is 0.734. The van der Waals surface area contributed by atoms with Crippen LogP contribution in [0.3, 0.4) is 0 Å². The Bertz CT molecular complexity index is 1070. The van der Waals surface area contributed by atoms with Gasteiger partial charge in [-0.1, -0.05) is 67.9 Å². The van der Waals surface area contributed by atoms with Crippen molar-refractivity contribution >= 4 is 11.3 Å². The van der Waals surface area contributed by atoms with Crippen molar-refractivity contribution in [2.75, 3.05) is 0 Å². The molecule has 1 unspecified atom stereocenters. The fourth-order valence-electron chi connectivity index (χ4n) is 3.12. The van der Waals surface area contributed by atoms with Gasteiger partial charge in [-0.3, -0.25) is 0 Å². The SMILES string of the molecule is CCC(C)c1ccc(-c2nc3nccnc3nc2-c2ccc(C)cc2)cc1. The van der Waals surface area contributed by atoms with Gasteiger partial charge in [0.2, 0.25) is 0 Å². The van der Waals surface area contributed by atoms with Gasteiger partial charge in [-0.25, -0.2) is 19.9 Å². The molecule has 4 nitrogen and oxygen atoms in total. The van der Waals surface area contributed by atoms with Crippen molar-refractivity contribution in [2.24, 2.45) is 0 Å². The molecule has 2 aromatic heterocycles. The second-order valence-electron chi connectivity index (χ2n) is 6.92. The van der Waals surface area contributed by atoms with E-state index < -0.39 is 0 Å². The average Bonchev–Trinajstić information content (AvgIpc) is 2.73. The Labute approximate surface area is 159 Å². The Kier molecular flexibility index (Phi) is 4.63. The third-order valence-corrected chi connectivity index (χ3v) is 5.01. The molecular weight excluding hydrogens is 332 g/mol. The molecule has 0 radical (unpaired) electrons. The Morgan fingerprint density at radius 2 is 1.22 bits per heavy atom. The van der Waals surface area contributed by atoms with E-state index in [1.54, 1.807) is 12.4 Å². The molecule has 0 aliphatic rings. The molecule has 27 heavy (non-hydrogen) atoms. The van der Waals surface area contributed by atoms with Gasteiger partial charge in [-0.15, -0.1) is 0 Å². The summed E-state index contributed by atoms with van der Waals surface area (Å²) in [6.07, 6.45) is 4.42. The molecule has 0 aliphatic heterocycles. The van der Waals surface area contributed by atoms with Crippen molar-refractivity contribution in [3.63, 3.8) is 0 Å². The lowest BCUT2D eigenvalue weighted by Crippen LogP contribution is -1.99. The minimum atomic E-state index is 0.546. The first-order valence-corrected chi connectivity index (χ1v) is 9.32. The van der Waals surface area contributed by atoms with E-state index in [0.29, 0.717) is 17.2 Å². The molecule has 4 heteroatoms. The van der Waals surface area contributed by atoms with Gasteiger partial charge in [-0.2, -0.15) is 0 Å². The van der Waals surface area contributed by atoms with Crippen LogP contribution in [0.15, 0.2) is 60.9 Å². The maximum Gasteiger partial charge on any atom is 0.198 e. The number of aromatic nitrogens is 4. The van der Waals surface area contributed by atoms with Gasteiger partial charge >= 0.3 is 0 Å². The molecule has 1 atom stereocenters. The van der Waals surface area contributed by atoms with Crippen LogP contribution in [0.25, 0.3) is 33.8 Å². The van der Waals surface area contributed by atoms with Gasteiger partial charge in [0.25, 0.3) is 0 Å². The second-order valence-corrected chi connectivity index (χ2v) is 6.92. The largest absolute Gasteiger partial charge is 0.232 e. The Morgan fingerprint density at radius 1 is 0.741 bits per heavy atom. The van der Waals surface area contributed by atoms with Crippen LogP contribution in [0.4, 0.5) is 0 Å². The number of rotatable bonds is 4. The normalized spacial score (nSPS) is 12.3. The van der Waals surface area contributed by atoms with Gasteiger partial charge in [0, 0.05) is 23.5 Å². The van der Waals surface area contributed by atoms with E-state index in [9.17, 15) is 0 Å². The summed E-state index contributed by atoms with van der Waals surface area (Å²) < 4.78 is 0. The Balaban J connectivity index is 1.89. The standard InChI is InChI=1S/C23H22N4/c1-4-16(3)17-9-11-19(12-10-17)21-20(18-7-5-15(2)6-8-18)26-22-23(27-21)25-14-13-24-22/h5-14,16H,4H2,1-3H3. The molecule has 0 saturated carbocycles. The monoisotopic (exact) mass is 354 g/mol. The lowest BCUT2D eigenvalue weighted by atomic mass is 9.96. The number of nitrogens with zero attached hydrogens (tertiary/aromatic N) is 4. The van der Waals surface area contributed by atoms with Crippen LogP contribution in [-0.2, 0) is 0 Å². The van der Waals surface area contributed by atoms with E-state index in [1.165, 1.54) is 11.1 Å². The van der Waals surface area contributed by atoms with E-state index >= 15 is 0 Å². The molecule has 0 bridgehead atoms. The maximum absolute atomic E-state index is 4.80. The summed E-state index contributed by atoms with van der Waals surface area (Å²) in [5, 5.41) is 0. The molecule has 134 valence electrons. The first-order chi connectivity index (χ1) is 13.2. The van der Waals surface area contributed by atoms with Crippen LogP contribution >= 0.6 is 0 Å². The molecule has 0 N–H and O–H groups in total. The molecule has 0 aliphatic carbocycles. The number of aryl methyl sites for hydroxylation is 1. The van der Waals surface area contributed by atoms with Crippen molar-refractivity contribution in [3.8, 4) is 22.5 Å². The number of benzene rings is 2. The zero-order valence-electron chi connectivity index (χ0n) is 15.8. The average molecular weight is 354 g/mol. The van der Waals surface area contributed by atoms with Crippen LogP contribution < -0.4 is 0 Å². The topological polar surface area (TPSA) is 51.6 Å². The molecule has 0 spiro atoms. The first-order valence-electron chi connectivity index (χ1n) is 9.32. The minimum Gasteiger partial charge on any atom is -0.232 e. The fourth-order valence-corrected chi connectivity index (χ4v) is 3.12. The maximum atomic E-state index is 4.80. The quantitative estimate of drug-likeness (QED) is 0.480. The molecule has 4 aromatic rings. The van der Waals surface area contributed by atoms with Gasteiger partial charge in [0.05, 0.1) is 11.4 Å². The van der Waals surface area contributed by atoms with Crippen LogP contribution in [0.2, 0.25) is 0 Å². The summed E-state index contributed by atoms with van der Waals surface area (Å²) in [6, 6.07) is 17.0. The minimum absolute atomic E-state index is 0.546. The van der Waals surface area contributed by atoms with Crippen LogP contribution in [-0.4, -0.2) is 19.9 Å². The molecule has 0 saturated heterocycles. The number of hydrogen-bond donors (Lipinski definition) is 0. The lowest BCUT2D eigenvalue weighted by Gasteiger charge is -2.12. The van der Waals surface area contributed by atoms with Gasteiger partial charge in [0.15, 0.2) is 11.3 Å². The smallest absolute Gasteiger partial charge is 0.198 e. The summed E-state index contributed by atoms with van der Waals surface area (Å²) in [5.41, 5.74) is 7.42. The zero-order chi connectivity index (χ0) is 18.8. The molecule has 0 fully saturated rings. The van der Waals surface area contributed by atoms with E-state index in [0.717, 1.165) is 28.9 Å². The first kappa shape index (κ1) is 17.3. The van der Waals surface area contributed by atoms with Gasteiger partial charge in [0.1, 0.15) is 0 Å². The van der Waals surface area contributed by atoms with E-state index in [2.05, 4.69) is 79.3 Å². The summed E-state index contributed by atoms with van der Waals surface area (Å²) >= 11 is 0. The highest BCUT2D eigenvalue weighted by molar-refractivity contribution is 5.83. The Morgan fingerprint density at radius 3 is 1.70 bits per heavy atom. The van der Waals surface area contributed by atoms with E-state index in [1.807, 2.05) is 0 Å². The zero-order valence-corrected chi connectivity index (χ0v) is 15.8. The number of fused-ring (bicyclic) bond motifs is 1. The van der Waals surface area contributed by atoms with Crippen molar-refractivity contribution in [3.05, 3.63) is 72.1 Å². The van der Waals surface area contributed by atoms with Crippen LogP contribution in [0, 0.1) is 6.92 Å². The van der Waals surface area contributed by atoms with Crippen LogP contribution in [0.1, 0.15) is 37.3 Å². The molecule has 4 rings (SSSR count). The molecule has 2 heterocycles. The summed E-state index contributed by atoms with van der Waals surface area (Å²) in [5.74, 6) is 0.546. The van der Waals surface area contributed by atoms with Gasteiger partial charge < -0.3 is 0 Å². The molecule has 2 aromatic carbocycles. The number of hydrogen-bond acceptors (Lipinski definition) is 4. The highest BCUT2D eigenvalue weighted by Crippen LogP contribution is 2.31. The van der Waals surface area contributed by atoms with Crippen molar-refractivity contribution in [1.82, 2.24) is 19.9 Å². The van der Waals surface area contributed by atoms with Crippen molar-refractivity contribution in [2.45, 2.75) is 33.1 Å². The predicted octanol–water partition coefficient (Wildman–Crippen LogP) is 5.58. The third kappa shape index (κ3) is 3.43. The highest BCUT2D eigenvalue weighted by Gasteiger charge is 2.15. The van der Waals surface area contributed by atoms with Crippen molar-refractivity contribution < 1.29 is 0 Å². The van der Waals surface area contributed by atoms with Crippen molar-refractivity contribution in [1.29, 1.82) is 0 Å². The van der Waals surface area contributed by atoms with E-state index in [4.69, 9.17) is 9.97 Å². The van der Waals surface area contributed by atoms with Gasteiger partial charge in [-0.05, 0) is 24.8 Å².